The number of rotatable bonds is 7. The van der Waals surface area contributed by atoms with Crippen molar-refractivity contribution in [1.29, 1.82) is 0 Å². The smallest absolute Gasteiger partial charge is 0.331 e. The summed E-state index contributed by atoms with van der Waals surface area (Å²) in [6.45, 7) is 12.1. The highest BCUT2D eigenvalue weighted by Crippen LogP contribution is 2.15. The summed E-state index contributed by atoms with van der Waals surface area (Å²) in [4.78, 5) is 24.8. The lowest BCUT2D eigenvalue weighted by Crippen LogP contribution is -2.23. The highest BCUT2D eigenvalue weighted by molar-refractivity contribution is 5.95. The second kappa shape index (κ2) is 10.8. The molecule has 0 aliphatic rings. The molecule has 4 nitrogen and oxygen atoms in total. The zero-order chi connectivity index (χ0) is 23.0. The van der Waals surface area contributed by atoms with Crippen molar-refractivity contribution >= 4 is 18.0 Å². The Hall–Kier alpha value is -3.14. The second-order valence-electron chi connectivity index (χ2n) is 8.98. The first-order chi connectivity index (χ1) is 14.5. The van der Waals surface area contributed by atoms with Crippen LogP contribution in [0.15, 0.2) is 60.2 Å². The molecule has 0 spiro atoms. The number of nitrogens with one attached hydrogen (secondary N) is 1. The SMILES string of the molecule is CC(C)=CCc1cc(/C=C/C(=O)OC(C)(C)C)cc(C(=O)NCc2ccc(C)cc2)c1. The maximum atomic E-state index is 12.8. The van der Waals surface area contributed by atoms with Crippen LogP contribution in [0.3, 0.4) is 0 Å². The van der Waals surface area contributed by atoms with Crippen LogP contribution in [0.2, 0.25) is 0 Å². The van der Waals surface area contributed by atoms with Crippen LogP contribution in [-0.2, 0) is 22.5 Å². The number of hydrogen-bond donors (Lipinski definition) is 1. The monoisotopic (exact) mass is 419 g/mol. The van der Waals surface area contributed by atoms with Crippen molar-refractivity contribution in [3.63, 3.8) is 0 Å². The fourth-order valence-corrected chi connectivity index (χ4v) is 2.88. The first-order valence-electron chi connectivity index (χ1n) is 10.5. The van der Waals surface area contributed by atoms with E-state index in [9.17, 15) is 9.59 Å². The maximum absolute atomic E-state index is 12.8. The van der Waals surface area contributed by atoms with Crippen molar-refractivity contribution in [1.82, 2.24) is 5.32 Å². The Bertz CT molecular complexity index is 973. The van der Waals surface area contributed by atoms with Crippen LogP contribution >= 0.6 is 0 Å². The third-order valence-electron chi connectivity index (χ3n) is 4.42. The Balaban J connectivity index is 2.21. The van der Waals surface area contributed by atoms with Gasteiger partial charge in [0.1, 0.15) is 5.60 Å². The molecule has 4 heteroatoms. The summed E-state index contributed by atoms with van der Waals surface area (Å²) in [6, 6.07) is 13.7. The number of esters is 1. The Morgan fingerprint density at radius 1 is 1.00 bits per heavy atom. The van der Waals surface area contributed by atoms with E-state index in [2.05, 4.69) is 11.4 Å². The van der Waals surface area contributed by atoms with Crippen LogP contribution in [0, 0.1) is 6.92 Å². The van der Waals surface area contributed by atoms with E-state index < -0.39 is 11.6 Å². The van der Waals surface area contributed by atoms with E-state index in [0.29, 0.717) is 18.5 Å². The molecule has 0 radical (unpaired) electrons. The van der Waals surface area contributed by atoms with Gasteiger partial charge in [0.05, 0.1) is 0 Å². The average Bonchev–Trinajstić information content (AvgIpc) is 2.68. The van der Waals surface area contributed by atoms with E-state index >= 15 is 0 Å². The summed E-state index contributed by atoms with van der Waals surface area (Å²) in [5, 5.41) is 2.98. The number of carbonyl (C=O) groups excluding carboxylic acids is 2. The first-order valence-corrected chi connectivity index (χ1v) is 10.5. The molecule has 0 aliphatic carbocycles. The number of carbonyl (C=O) groups is 2. The molecule has 0 unspecified atom stereocenters. The van der Waals surface area contributed by atoms with Crippen LogP contribution in [0.4, 0.5) is 0 Å². The molecular weight excluding hydrogens is 386 g/mol. The lowest BCUT2D eigenvalue weighted by Gasteiger charge is -2.17. The first kappa shape index (κ1) is 24.1. The number of aryl methyl sites for hydroxylation is 1. The van der Waals surface area contributed by atoms with Gasteiger partial charge in [0.15, 0.2) is 0 Å². The minimum atomic E-state index is -0.548. The molecule has 31 heavy (non-hydrogen) atoms. The summed E-state index contributed by atoms with van der Waals surface area (Å²) in [7, 11) is 0. The van der Waals surface area contributed by atoms with Crippen molar-refractivity contribution in [2.75, 3.05) is 0 Å². The molecule has 1 amide bonds. The van der Waals surface area contributed by atoms with Crippen LogP contribution in [0.25, 0.3) is 6.08 Å². The highest BCUT2D eigenvalue weighted by Gasteiger charge is 2.14. The standard InChI is InChI=1S/C27H33NO3/c1-19(2)7-10-22-15-23(13-14-25(29)31-27(4,5)6)17-24(16-22)26(30)28-18-21-11-8-20(3)9-12-21/h7-9,11-17H,10,18H2,1-6H3,(H,28,30)/b14-13+. The van der Waals surface area contributed by atoms with E-state index in [-0.39, 0.29) is 5.91 Å². The molecule has 0 saturated heterocycles. The number of amides is 1. The van der Waals surface area contributed by atoms with Crippen LogP contribution in [0.5, 0.6) is 0 Å². The highest BCUT2D eigenvalue weighted by atomic mass is 16.6. The topological polar surface area (TPSA) is 55.4 Å². The Morgan fingerprint density at radius 2 is 1.68 bits per heavy atom. The van der Waals surface area contributed by atoms with Gasteiger partial charge in [-0.1, -0.05) is 47.5 Å². The van der Waals surface area contributed by atoms with E-state index in [4.69, 9.17) is 4.74 Å². The van der Waals surface area contributed by atoms with Gasteiger partial charge in [-0.2, -0.15) is 0 Å². The molecule has 0 aromatic heterocycles. The molecule has 2 aromatic carbocycles. The van der Waals surface area contributed by atoms with Crippen LogP contribution < -0.4 is 5.32 Å². The molecular formula is C27H33NO3. The molecule has 164 valence electrons. The van der Waals surface area contributed by atoms with Crippen LogP contribution in [0.1, 0.15) is 67.2 Å². The third-order valence-corrected chi connectivity index (χ3v) is 4.42. The summed E-state index contributed by atoms with van der Waals surface area (Å²) in [5.74, 6) is -0.556. The van der Waals surface area contributed by atoms with Gasteiger partial charge >= 0.3 is 5.97 Å². The van der Waals surface area contributed by atoms with Crippen molar-refractivity contribution in [3.8, 4) is 0 Å². The Morgan fingerprint density at radius 3 is 2.29 bits per heavy atom. The normalized spacial score (nSPS) is 11.3. The lowest BCUT2D eigenvalue weighted by molar-refractivity contribution is -0.148. The molecule has 0 bridgehead atoms. The van der Waals surface area contributed by atoms with Crippen molar-refractivity contribution in [2.45, 2.75) is 60.1 Å². The minimum absolute atomic E-state index is 0.147. The Labute approximate surface area is 186 Å². The zero-order valence-electron chi connectivity index (χ0n) is 19.4. The van der Waals surface area contributed by atoms with Crippen molar-refractivity contribution in [2.24, 2.45) is 0 Å². The molecule has 0 heterocycles. The fraction of sp³-hybridized carbons (Fsp3) is 0.333. The number of benzene rings is 2. The minimum Gasteiger partial charge on any atom is -0.457 e. The van der Waals surface area contributed by atoms with Crippen molar-refractivity contribution in [3.05, 3.63) is 88.0 Å². The summed E-state index contributed by atoms with van der Waals surface area (Å²) in [5.41, 5.74) is 5.25. The Kier molecular flexibility index (Phi) is 8.38. The van der Waals surface area contributed by atoms with E-state index in [0.717, 1.165) is 16.7 Å². The molecule has 2 rings (SSSR count). The summed E-state index contributed by atoms with van der Waals surface area (Å²) < 4.78 is 5.33. The fourth-order valence-electron chi connectivity index (χ4n) is 2.88. The number of ether oxygens (including phenoxy) is 1. The van der Waals surface area contributed by atoms with Gasteiger partial charge in [-0.05, 0) is 82.9 Å². The van der Waals surface area contributed by atoms with Gasteiger partial charge in [-0.3, -0.25) is 4.79 Å². The summed E-state index contributed by atoms with van der Waals surface area (Å²) in [6.07, 6.45) is 5.93. The largest absolute Gasteiger partial charge is 0.457 e. The quantitative estimate of drug-likeness (QED) is 0.351. The van der Waals surface area contributed by atoms with Gasteiger partial charge in [-0.15, -0.1) is 0 Å². The maximum Gasteiger partial charge on any atom is 0.331 e. The van der Waals surface area contributed by atoms with Crippen molar-refractivity contribution < 1.29 is 14.3 Å². The van der Waals surface area contributed by atoms with Gasteiger partial charge < -0.3 is 10.1 Å². The van der Waals surface area contributed by atoms with E-state index in [1.54, 1.807) is 12.1 Å². The molecule has 0 saturated carbocycles. The van der Waals surface area contributed by atoms with Gasteiger partial charge in [0.25, 0.3) is 5.91 Å². The second-order valence-corrected chi connectivity index (χ2v) is 8.98. The average molecular weight is 420 g/mol. The molecule has 0 fully saturated rings. The summed E-state index contributed by atoms with van der Waals surface area (Å²) >= 11 is 0. The van der Waals surface area contributed by atoms with Crippen LogP contribution in [-0.4, -0.2) is 17.5 Å². The van der Waals surface area contributed by atoms with E-state index in [1.165, 1.54) is 17.2 Å². The number of hydrogen-bond acceptors (Lipinski definition) is 3. The van der Waals surface area contributed by atoms with Gasteiger partial charge in [0, 0.05) is 18.2 Å². The van der Waals surface area contributed by atoms with Gasteiger partial charge in [0.2, 0.25) is 0 Å². The van der Waals surface area contributed by atoms with Gasteiger partial charge in [-0.25, -0.2) is 4.79 Å². The predicted molar refractivity (Wildman–Crippen MR) is 127 cm³/mol. The third kappa shape index (κ3) is 9.04. The number of allylic oxidation sites excluding steroid dienone is 2. The zero-order valence-corrected chi connectivity index (χ0v) is 19.4. The molecule has 2 aromatic rings. The molecule has 1 N–H and O–H groups in total. The molecule has 0 aliphatic heterocycles. The van der Waals surface area contributed by atoms with E-state index in [1.807, 2.05) is 77.9 Å². The predicted octanol–water partition coefficient (Wildman–Crippen LogP) is 5.79. The lowest BCUT2D eigenvalue weighted by atomic mass is 10.0. The molecule has 0 atom stereocenters.